The van der Waals surface area contributed by atoms with E-state index >= 15 is 0 Å². The fraction of sp³-hybridized carbons (Fsp3) is 0.300. The van der Waals surface area contributed by atoms with Crippen molar-refractivity contribution in [3.8, 4) is 5.75 Å². The molecule has 0 saturated carbocycles. The van der Waals surface area contributed by atoms with E-state index in [9.17, 15) is 9.59 Å². The molecule has 26 heavy (non-hydrogen) atoms. The van der Waals surface area contributed by atoms with Crippen LogP contribution in [0.2, 0.25) is 0 Å². The zero-order valence-electron chi connectivity index (χ0n) is 14.7. The Labute approximate surface area is 162 Å². The molecule has 2 rings (SSSR count). The Morgan fingerprint density at radius 1 is 1.08 bits per heavy atom. The highest BCUT2D eigenvalue weighted by Crippen LogP contribution is 2.18. The molecule has 0 atom stereocenters. The molecule has 0 aliphatic heterocycles. The molecular weight excluding hydrogens is 398 g/mol. The molecule has 2 aromatic carbocycles. The minimum absolute atomic E-state index is 0.0710. The van der Waals surface area contributed by atoms with E-state index in [2.05, 4.69) is 15.9 Å². The van der Waals surface area contributed by atoms with E-state index in [-0.39, 0.29) is 32.1 Å². The first kappa shape index (κ1) is 20.0. The van der Waals surface area contributed by atoms with Crippen molar-refractivity contribution >= 4 is 27.8 Å². The predicted molar refractivity (Wildman–Crippen MR) is 103 cm³/mol. The largest absolute Gasteiger partial charge is 0.493 e. The fourth-order valence-corrected chi connectivity index (χ4v) is 2.75. The van der Waals surface area contributed by atoms with Crippen molar-refractivity contribution < 1.29 is 19.1 Å². The Kier molecular flexibility index (Phi) is 8.15. The molecule has 0 radical (unpaired) electrons. The van der Waals surface area contributed by atoms with Gasteiger partial charge in [-0.2, -0.15) is 0 Å². The van der Waals surface area contributed by atoms with Crippen LogP contribution in [-0.4, -0.2) is 36.5 Å². The molecule has 138 valence electrons. The highest BCUT2D eigenvalue weighted by molar-refractivity contribution is 9.10. The summed E-state index contributed by atoms with van der Waals surface area (Å²) in [4.78, 5) is 25.9. The molecule has 2 aromatic rings. The van der Waals surface area contributed by atoms with Gasteiger partial charge < -0.3 is 14.4 Å². The highest BCUT2D eigenvalue weighted by Gasteiger charge is 2.18. The standard InChI is InChI=1S/C20H22BrNO4/c1-2-25-20(24)15-22(14-16-7-4-3-5-8-16)19(23)11-12-26-18-10-6-9-17(21)13-18/h3-10,13H,2,11-12,14-15H2,1H3. The van der Waals surface area contributed by atoms with E-state index in [0.717, 1.165) is 10.0 Å². The Morgan fingerprint density at radius 3 is 2.54 bits per heavy atom. The monoisotopic (exact) mass is 419 g/mol. The van der Waals surface area contributed by atoms with Crippen molar-refractivity contribution in [2.75, 3.05) is 19.8 Å². The van der Waals surface area contributed by atoms with Crippen LogP contribution in [0.15, 0.2) is 59.1 Å². The van der Waals surface area contributed by atoms with Gasteiger partial charge in [0.1, 0.15) is 12.3 Å². The zero-order valence-corrected chi connectivity index (χ0v) is 16.3. The number of nitrogens with zero attached hydrogens (tertiary/aromatic N) is 1. The molecule has 5 nitrogen and oxygen atoms in total. The lowest BCUT2D eigenvalue weighted by atomic mass is 10.2. The van der Waals surface area contributed by atoms with Crippen LogP contribution < -0.4 is 4.74 Å². The molecule has 0 fully saturated rings. The number of rotatable bonds is 9. The molecule has 0 heterocycles. The summed E-state index contributed by atoms with van der Waals surface area (Å²) in [5, 5.41) is 0. The molecule has 6 heteroatoms. The Bertz CT molecular complexity index is 721. The predicted octanol–water partition coefficient (Wildman–Crippen LogP) is 3.81. The number of hydrogen-bond acceptors (Lipinski definition) is 4. The van der Waals surface area contributed by atoms with E-state index in [1.807, 2.05) is 54.6 Å². The molecular formula is C20H22BrNO4. The van der Waals surface area contributed by atoms with Gasteiger partial charge in [-0.3, -0.25) is 9.59 Å². The minimum Gasteiger partial charge on any atom is -0.493 e. The van der Waals surface area contributed by atoms with E-state index in [1.165, 1.54) is 4.90 Å². The fourth-order valence-electron chi connectivity index (χ4n) is 2.37. The lowest BCUT2D eigenvalue weighted by molar-refractivity contribution is -0.149. The first-order chi connectivity index (χ1) is 12.6. The van der Waals surface area contributed by atoms with Gasteiger partial charge in [-0.25, -0.2) is 0 Å². The number of esters is 1. The normalized spacial score (nSPS) is 10.2. The van der Waals surface area contributed by atoms with Crippen LogP contribution in [0.4, 0.5) is 0 Å². The number of amides is 1. The molecule has 0 unspecified atom stereocenters. The molecule has 0 aromatic heterocycles. The summed E-state index contributed by atoms with van der Waals surface area (Å²) in [6.07, 6.45) is 0.179. The third-order valence-electron chi connectivity index (χ3n) is 3.57. The highest BCUT2D eigenvalue weighted by atomic mass is 79.9. The van der Waals surface area contributed by atoms with Gasteiger partial charge in [-0.15, -0.1) is 0 Å². The van der Waals surface area contributed by atoms with Crippen molar-refractivity contribution in [2.45, 2.75) is 19.9 Å². The third kappa shape index (κ3) is 6.88. The summed E-state index contributed by atoms with van der Waals surface area (Å²) in [5.74, 6) is 0.119. The van der Waals surface area contributed by atoms with E-state index in [1.54, 1.807) is 6.92 Å². The molecule has 0 aliphatic rings. The number of ether oxygens (including phenoxy) is 2. The number of hydrogen-bond donors (Lipinski definition) is 0. The van der Waals surface area contributed by atoms with Crippen LogP contribution >= 0.6 is 15.9 Å². The summed E-state index contributed by atoms with van der Waals surface area (Å²) >= 11 is 3.38. The second-order valence-electron chi connectivity index (χ2n) is 5.60. The van der Waals surface area contributed by atoms with Gasteiger partial charge in [-0.1, -0.05) is 52.3 Å². The van der Waals surface area contributed by atoms with Gasteiger partial charge in [0.2, 0.25) is 5.91 Å². The van der Waals surface area contributed by atoms with Gasteiger partial charge in [0.25, 0.3) is 0 Å². The molecule has 1 amide bonds. The second-order valence-corrected chi connectivity index (χ2v) is 6.51. The van der Waals surface area contributed by atoms with Crippen molar-refractivity contribution in [3.63, 3.8) is 0 Å². The second kappa shape index (κ2) is 10.6. The maximum absolute atomic E-state index is 12.6. The van der Waals surface area contributed by atoms with Crippen LogP contribution in [0, 0.1) is 0 Å². The lowest BCUT2D eigenvalue weighted by Gasteiger charge is -2.22. The van der Waals surface area contributed by atoms with Gasteiger partial charge >= 0.3 is 5.97 Å². The number of benzene rings is 2. The molecule has 0 aliphatic carbocycles. The van der Waals surface area contributed by atoms with E-state index in [4.69, 9.17) is 9.47 Å². The van der Waals surface area contributed by atoms with Crippen LogP contribution in [0.25, 0.3) is 0 Å². The molecule has 0 N–H and O–H groups in total. The Hall–Kier alpha value is -2.34. The number of halogens is 1. The van der Waals surface area contributed by atoms with Gasteiger partial charge in [0.15, 0.2) is 0 Å². The summed E-state index contributed by atoms with van der Waals surface area (Å²) in [5.41, 5.74) is 0.957. The van der Waals surface area contributed by atoms with Crippen molar-refractivity contribution in [1.29, 1.82) is 0 Å². The van der Waals surface area contributed by atoms with Crippen molar-refractivity contribution in [1.82, 2.24) is 4.90 Å². The SMILES string of the molecule is CCOC(=O)CN(Cc1ccccc1)C(=O)CCOc1cccc(Br)c1. The summed E-state index contributed by atoms with van der Waals surface area (Å²) in [6, 6.07) is 17.0. The van der Waals surface area contributed by atoms with E-state index < -0.39 is 5.97 Å². The minimum atomic E-state index is -0.412. The van der Waals surface area contributed by atoms with Crippen LogP contribution in [0.5, 0.6) is 5.75 Å². The first-order valence-corrected chi connectivity index (χ1v) is 9.23. The number of carbonyl (C=O) groups excluding carboxylic acids is 2. The average Bonchev–Trinajstić information content (AvgIpc) is 2.62. The third-order valence-corrected chi connectivity index (χ3v) is 4.07. The smallest absolute Gasteiger partial charge is 0.325 e. The van der Waals surface area contributed by atoms with Crippen molar-refractivity contribution in [3.05, 3.63) is 64.6 Å². The van der Waals surface area contributed by atoms with Crippen LogP contribution in [0.1, 0.15) is 18.9 Å². The quantitative estimate of drug-likeness (QED) is 0.579. The summed E-state index contributed by atoms with van der Waals surface area (Å²) < 4.78 is 11.5. The van der Waals surface area contributed by atoms with Gasteiger partial charge in [-0.05, 0) is 30.7 Å². The molecule has 0 saturated heterocycles. The zero-order chi connectivity index (χ0) is 18.8. The Morgan fingerprint density at radius 2 is 1.85 bits per heavy atom. The summed E-state index contributed by atoms with van der Waals surface area (Å²) in [7, 11) is 0. The van der Waals surface area contributed by atoms with Crippen LogP contribution in [0.3, 0.4) is 0 Å². The first-order valence-electron chi connectivity index (χ1n) is 8.44. The van der Waals surface area contributed by atoms with E-state index in [0.29, 0.717) is 12.3 Å². The van der Waals surface area contributed by atoms with Gasteiger partial charge in [0.05, 0.1) is 19.6 Å². The van der Waals surface area contributed by atoms with Crippen molar-refractivity contribution in [2.24, 2.45) is 0 Å². The summed E-state index contributed by atoms with van der Waals surface area (Å²) in [6.45, 7) is 2.56. The lowest BCUT2D eigenvalue weighted by Crippen LogP contribution is -2.36. The number of carbonyl (C=O) groups is 2. The molecule has 0 spiro atoms. The average molecular weight is 420 g/mol. The topological polar surface area (TPSA) is 55.8 Å². The Balaban J connectivity index is 1.94. The van der Waals surface area contributed by atoms with Crippen LogP contribution in [-0.2, 0) is 20.9 Å². The molecule has 0 bridgehead atoms. The van der Waals surface area contributed by atoms with Gasteiger partial charge in [0, 0.05) is 11.0 Å². The maximum Gasteiger partial charge on any atom is 0.325 e. The maximum atomic E-state index is 12.6.